The summed E-state index contributed by atoms with van der Waals surface area (Å²) < 4.78 is 26.6. The van der Waals surface area contributed by atoms with Gasteiger partial charge < -0.3 is 14.8 Å². The number of amides is 1. The Morgan fingerprint density at radius 2 is 2.27 bits per heavy atom. The van der Waals surface area contributed by atoms with Gasteiger partial charge in [0.25, 0.3) is 0 Å². The van der Waals surface area contributed by atoms with Gasteiger partial charge in [0.15, 0.2) is 11.8 Å². The monoisotopic (exact) mass is 453 g/mol. The van der Waals surface area contributed by atoms with Crippen LogP contribution in [0.4, 0.5) is 10.2 Å². The van der Waals surface area contributed by atoms with E-state index >= 15 is 4.39 Å². The Bertz CT molecular complexity index is 1120. The molecule has 3 heterocycles. The SMILES string of the molecule is C=CN(/N=C\C)c1cc(Oc2ccc(F)c(C34COCCC3C(=O)N(C)C(=N)N4)c2)ncn1. The van der Waals surface area contributed by atoms with Gasteiger partial charge >= 0.3 is 0 Å². The number of guanidine groups is 1. The molecule has 172 valence electrons. The Morgan fingerprint density at radius 1 is 1.45 bits per heavy atom. The minimum atomic E-state index is -1.21. The van der Waals surface area contributed by atoms with Crippen LogP contribution >= 0.6 is 0 Å². The summed E-state index contributed by atoms with van der Waals surface area (Å²) in [6, 6.07) is 5.80. The van der Waals surface area contributed by atoms with Gasteiger partial charge in [0.05, 0.1) is 12.5 Å². The Morgan fingerprint density at radius 3 is 3.03 bits per heavy atom. The molecule has 2 unspecified atom stereocenters. The molecule has 1 amide bonds. The largest absolute Gasteiger partial charge is 0.439 e. The van der Waals surface area contributed by atoms with Gasteiger partial charge in [-0.05, 0) is 31.5 Å². The van der Waals surface area contributed by atoms with Gasteiger partial charge in [0.1, 0.15) is 23.4 Å². The summed E-state index contributed by atoms with van der Waals surface area (Å²) in [4.78, 5) is 22.4. The molecule has 0 radical (unpaired) electrons. The zero-order valence-corrected chi connectivity index (χ0v) is 18.3. The third kappa shape index (κ3) is 4.02. The lowest BCUT2D eigenvalue weighted by atomic mass is 9.73. The van der Waals surface area contributed by atoms with Crippen molar-refractivity contribution in [2.24, 2.45) is 11.0 Å². The van der Waals surface area contributed by atoms with Gasteiger partial charge in [0, 0.05) is 37.7 Å². The number of fused-ring (bicyclic) bond motifs is 1. The second kappa shape index (κ2) is 8.94. The van der Waals surface area contributed by atoms with Crippen LogP contribution in [0.5, 0.6) is 11.6 Å². The van der Waals surface area contributed by atoms with E-state index in [1.165, 1.54) is 47.7 Å². The maximum absolute atomic E-state index is 15.1. The number of carbonyl (C=O) groups excluding carboxylic acids is 1. The summed E-state index contributed by atoms with van der Waals surface area (Å²) in [6.07, 6.45) is 4.80. The Hall–Kier alpha value is -3.86. The molecule has 2 atom stereocenters. The molecule has 0 aliphatic carbocycles. The highest BCUT2D eigenvalue weighted by Gasteiger charge is 2.53. The third-order valence-corrected chi connectivity index (χ3v) is 5.70. The number of ether oxygens (including phenoxy) is 2. The molecule has 1 aromatic carbocycles. The first-order valence-corrected chi connectivity index (χ1v) is 10.3. The number of carbonyl (C=O) groups is 1. The quantitative estimate of drug-likeness (QED) is 0.510. The van der Waals surface area contributed by atoms with E-state index < -0.39 is 17.3 Å². The Balaban J connectivity index is 1.70. The van der Waals surface area contributed by atoms with Gasteiger partial charge in [-0.15, -0.1) is 0 Å². The standard InChI is InChI=1S/C22H24FN7O3/c1-4-27-30(5-2)18-11-19(26-13-25-18)33-14-6-7-17(23)16(10-14)22-12-32-9-8-15(22)20(31)29(3)21(24)28-22/h4-7,10-11,13,15H,2,8-9,12H2,1,3H3,(H2,24,28)/b27-4-. The third-order valence-electron chi connectivity index (χ3n) is 5.70. The average Bonchev–Trinajstić information content (AvgIpc) is 2.82. The molecule has 33 heavy (non-hydrogen) atoms. The van der Waals surface area contributed by atoms with E-state index in [-0.39, 0.29) is 29.9 Å². The molecule has 2 saturated heterocycles. The summed E-state index contributed by atoms with van der Waals surface area (Å²) >= 11 is 0. The topological polar surface area (TPSA) is 116 Å². The van der Waals surface area contributed by atoms with Crippen molar-refractivity contribution in [2.45, 2.75) is 18.9 Å². The van der Waals surface area contributed by atoms with Crippen molar-refractivity contribution in [3.05, 3.63) is 54.8 Å². The lowest BCUT2D eigenvalue weighted by Gasteiger charge is -2.49. The summed E-state index contributed by atoms with van der Waals surface area (Å²) in [5.41, 5.74) is -1.03. The van der Waals surface area contributed by atoms with Crippen molar-refractivity contribution in [2.75, 3.05) is 25.3 Å². The highest BCUT2D eigenvalue weighted by atomic mass is 19.1. The van der Waals surface area contributed by atoms with E-state index in [0.29, 0.717) is 24.6 Å². The van der Waals surface area contributed by atoms with Crippen LogP contribution in [0.3, 0.4) is 0 Å². The van der Waals surface area contributed by atoms with Crippen molar-refractivity contribution in [1.29, 1.82) is 5.41 Å². The number of rotatable bonds is 6. The zero-order valence-electron chi connectivity index (χ0n) is 18.3. The van der Waals surface area contributed by atoms with E-state index in [1.807, 2.05) is 0 Å². The van der Waals surface area contributed by atoms with Crippen molar-refractivity contribution in [3.63, 3.8) is 0 Å². The molecule has 11 heteroatoms. The molecule has 2 aromatic rings. The van der Waals surface area contributed by atoms with Crippen LogP contribution in [0.25, 0.3) is 0 Å². The zero-order chi connectivity index (χ0) is 23.6. The predicted molar refractivity (Wildman–Crippen MR) is 120 cm³/mol. The number of nitrogens with zero attached hydrogens (tertiary/aromatic N) is 5. The van der Waals surface area contributed by atoms with E-state index in [0.717, 1.165) is 0 Å². The van der Waals surface area contributed by atoms with Crippen LogP contribution in [-0.4, -0.2) is 53.2 Å². The van der Waals surface area contributed by atoms with E-state index in [4.69, 9.17) is 14.9 Å². The molecule has 0 bridgehead atoms. The highest BCUT2D eigenvalue weighted by Crippen LogP contribution is 2.42. The van der Waals surface area contributed by atoms with E-state index in [9.17, 15) is 4.79 Å². The molecule has 0 saturated carbocycles. The number of benzene rings is 1. The number of aromatic nitrogens is 2. The van der Waals surface area contributed by atoms with Crippen LogP contribution in [0, 0.1) is 17.1 Å². The van der Waals surface area contributed by atoms with Crippen molar-refractivity contribution >= 4 is 23.9 Å². The van der Waals surface area contributed by atoms with Gasteiger partial charge in [-0.2, -0.15) is 5.10 Å². The normalized spacial score (nSPS) is 22.6. The minimum Gasteiger partial charge on any atom is -0.439 e. The highest BCUT2D eigenvalue weighted by molar-refractivity contribution is 6.00. The molecule has 2 aliphatic rings. The number of hydrogen-bond acceptors (Lipinski definition) is 8. The minimum absolute atomic E-state index is 0.0426. The molecule has 10 nitrogen and oxygen atoms in total. The Kier molecular flexibility index (Phi) is 6.05. The molecule has 4 rings (SSSR count). The molecular formula is C22H24FN7O3. The van der Waals surface area contributed by atoms with Crippen LogP contribution in [0.15, 0.2) is 48.5 Å². The first-order valence-electron chi connectivity index (χ1n) is 10.3. The first-order chi connectivity index (χ1) is 15.9. The summed E-state index contributed by atoms with van der Waals surface area (Å²) in [6.45, 7) is 5.88. The lowest BCUT2D eigenvalue weighted by Crippen LogP contribution is -2.68. The summed E-state index contributed by atoms with van der Waals surface area (Å²) in [5.74, 6) is -0.542. The van der Waals surface area contributed by atoms with Crippen LogP contribution in [0.2, 0.25) is 0 Å². The molecule has 2 N–H and O–H groups in total. The lowest BCUT2D eigenvalue weighted by molar-refractivity contribution is -0.143. The second-order valence-electron chi connectivity index (χ2n) is 7.60. The number of anilines is 1. The van der Waals surface area contributed by atoms with E-state index in [1.54, 1.807) is 19.2 Å². The summed E-state index contributed by atoms with van der Waals surface area (Å²) in [5, 5.41) is 16.8. The van der Waals surface area contributed by atoms with Crippen molar-refractivity contribution in [1.82, 2.24) is 20.2 Å². The number of halogens is 1. The van der Waals surface area contributed by atoms with Gasteiger partial charge in [0.2, 0.25) is 11.8 Å². The molecule has 0 spiro atoms. The average molecular weight is 453 g/mol. The number of hydrazone groups is 1. The maximum Gasteiger partial charge on any atom is 0.235 e. The van der Waals surface area contributed by atoms with Crippen molar-refractivity contribution < 1.29 is 18.7 Å². The molecule has 1 aromatic heterocycles. The summed E-state index contributed by atoms with van der Waals surface area (Å²) in [7, 11) is 1.52. The van der Waals surface area contributed by atoms with Gasteiger partial charge in [-0.1, -0.05) is 6.58 Å². The first kappa shape index (κ1) is 22.3. The number of hydrogen-bond donors (Lipinski definition) is 2. The van der Waals surface area contributed by atoms with Gasteiger partial charge in [-0.3, -0.25) is 15.1 Å². The van der Waals surface area contributed by atoms with Crippen LogP contribution in [-0.2, 0) is 15.1 Å². The smallest absolute Gasteiger partial charge is 0.235 e. The van der Waals surface area contributed by atoms with E-state index in [2.05, 4.69) is 27.0 Å². The van der Waals surface area contributed by atoms with Crippen LogP contribution < -0.4 is 15.1 Å². The number of nitrogens with one attached hydrogen (secondary N) is 2. The predicted octanol–water partition coefficient (Wildman–Crippen LogP) is 2.59. The fourth-order valence-corrected chi connectivity index (χ4v) is 4.08. The van der Waals surface area contributed by atoms with Crippen LogP contribution in [0.1, 0.15) is 18.9 Å². The van der Waals surface area contributed by atoms with Gasteiger partial charge in [-0.25, -0.2) is 19.4 Å². The Labute approximate surface area is 190 Å². The fraction of sp³-hybridized carbons (Fsp3) is 0.318. The second-order valence-corrected chi connectivity index (χ2v) is 7.60. The molecule has 2 fully saturated rings. The van der Waals surface area contributed by atoms with Crippen molar-refractivity contribution in [3.8, 4) is 11.6 Å². The fourth-order valence-electron chi connectivity index (χ4n) is 4.08. The maximum atomic E-state index is 15.1. The molecule has 2 aliphatic heterocycles. The molecular weight excluding hydrogens is 429 g/mol.